The normalized spacial score (nSPS) is 12.1. The van der Waals surface area contributed by atoms with E-state index in [4.69, 9.17) is 11.0 Å². The number of halogens is 1. The third-order valence-electron chi connectivity index (χ3n) is 2.13. The predicted octanol–water partition coefficient (Wildman–Crippen LogP) is 2.50. The van der Waals surface area contributed by atoms with Gasteiger partial charge in [0.2, 0.25) is 0 Å². The first kappa shape index (κ1) is 10.7. The zero-order chi connectivity index (χ0) is 10.6. The lowest BCUT2D eigenvalue weighted by Gasteiger charge is -2.11. The van der Waals surface area contributed by atoms with E-state index in [0.29, 0.717) is 11.1 Å². The Balaban J connectivity index is 2.95. The van der Waals surface area contributed by atoms with Crippen molar-refractivity contribution in [3.63, 3.8) is 0 Å². The van der Waals surface area contributed by atoms with Crippen LogP contribution in [0.4, 0.5) is 4.39 Å². The molecular weight excluding hydrogens is 179 g/mol. The number of hydrogen-bond donors (Lipinski definition) is 1. The molecule has 0 aliphatic carbocycles. The Morgan fingerprint density at radius 2 is 2.29 bits per heavy atom. The maximum atomic E-state index is 13.4. The van der Waals surface area contributed by atoms with Crippen LogP contribution in [0.25, 0.3) is 0 Å². The molecule has 0 radical (unpaired) electrons. The second-order valence-corrected chi connectivity index (χ2v) is 3.24. The molecule has 0 aliphatic heterocycles. The highest BCUT2D eigenvalue weighted by atomic mass is 19.1. The van der Waals surface area contributed by atoms with E-state index in [0.717, 1.165) is 12.8 Å². The van der Waals surface area contributed by atoms with Gasteiger partial charge in [-0.2, -0.15) is 5.26 Å². The maximum absolute atomic E-state index is 13.4. The van der Waals surface area contributed by atoms with E-state index in [-0.39, 0.29) is 11.9 Å². The summed E-state index contributed by atoms with van der Waals surface area (Å²) in [6.07, 6.45) is 1.67. The van der Waals surface area contributed by atoms with E-state index in [1.165, 1.54) is 6.07 Å². The molecule has 0 heterocycles. The quantitative estimate of drug-likeness (QED) is 0.799. The molecule has 0 aliphatic rings. The highest BCUT2D eigenvalue weighted by Gasteiger charge is 2.10. The van der Waals surface area contributed by atoms with Crippen LogP contribution < -0.4 is 5.73 Å². The molecule has 0 amide bonds. The summed E-state index contributed by atoms with van der Waals surface area (Å²) in [5.41, 5.74) is 6.60. The van der Waals surface area contributed by atoms with Crippen molar-refractivity contribution in [2.24, 2.45) is 5.73 Å². The zero-order valence-electron chi connectivity index (χ0n) is 8.13. The molecule has 1 aromatic rings. The fourth-order valence-electron chi connectivity index (χ4n) is 1.36. The number of rotatable bonds is 3. The molecule has 0 saturated heterocycles. The van der Waals surface area contributed by atoms with Crippen molar-refractivity contribution >= 4 is 0 Å². The van der Waals surface area contributed by atoms with Crippen LogP contribution in [0.15, 0.2) is 18.2 Å². The minimum absolute atomic E-state index is 0.271. The van der Waals surface area contributed by atoms with Crippen molar-refractivity contribution in [2.45, 2.75) is 25.8 Å². The van der Waals surface area contributed by atoms with Gasteiger partial charge in [-0.05, 0) is 18.6 Å². The van der Waals surface area contributed by atoms with Gasteiger partial charge >= 0.3 is 0 Å². The molecule has 0 aromatic heterocycles. The summed E-state index contributed by atoms with van der Waals surface area (Å²) in [7, 11) is 0. The molecule has 2 N–H and O–H groups in total. The third-order valence-corrected chi connectivity index (χ3v) is 2.13. The molecule has 2 nitrogen and oxygen atoms in total. The molecule has 0 bridgehead atoms. The molecular formula is C11H13FN2. The summed E-state index contributed by atoms with van der Waals surface area (Å²) in [6.45, 7) is 2.00. The van der Waals surface area contributed by atoms with Crippen molar-refractivity contribution in [2.75, 3.05) is 0 Å². The van der Waals surface area contributed by atoms with Crippen LogP contribution in [-0.4, -0.2) is 0 Å². The first-order valence-electron chi connectivity index (χ1n) is 4.64. The number of nitrogens with two attached hydrogens (primary N) is 1. The molecule has 3 heteroatoms. The second kappa shape index (κ2) is 4.73. The average Bonchev–Trinajstić information content (AvgIpc) is 2.17. The minimum Gasteiger partial charge on any atom is -0.324 e. The monoisotopic (exact) mass is 192 g/mol. The summed E-state index contributed by atoms with van der Waals surface area (Å²) in [4.78, 5) is 0. The van der Waals surface area contributed by atoms with E-state index < -0.39 is 0 Å². The molecule has 0 fully saturated rings. The van der Waals surface area contributed by atoms with Crippen LogP contribution in [0.2, 0.25) is 0 Å². The van der Waals surface area contributed by atoms with Crippen molar-refractivity contribution in [3.8, 4) is 6.07 Å². The van der Waals surface area contributed by atoms with Crippen molar-refractivity contribution in [3.05, 3.63) is 35.1 Å². The third kappa shape index (κ3) is 2.30. The Hall–Kier alpha value is -1.40. The van der Waals surface area contributed by atoms with Gasteiger partial charge in [0.25, 0.3) is 0 Å². The van der Waals surface area contributed by atoms with Gasteiger partial charge in [-0.1, -0.05) is 19.4 Å². The van der Waals surface area contributed by atoms with E-state index in [1.807, 2.05) is 13.0 Å². The highest BCUT2D eigenvalue weighted by Crippen LogP contribution is 2.19. The fourth-order valence-corrected chi connectivity index (χ4v) is 1.36. The molecule has 0 saturated carbocycles. The summed E-state index contributed by atoms with van der Waals surface area (Å²) in [6, 6.07) is 6.02. The van der Waals surface area contributed by atoms with Crippen LogP contribution in [0.1, 0.15) is 36.9 Å². The van der Waals surface area contributed by atoms with Gasteiger partial charge in [-0.25, -0.2) is 4.39 Å². The van der Waals surface area contributed by atoms with Gasteiger partial charge in [0.05, 0.1) is 11.6 Å². The van der Waals surface area contributed by atoms with Crippen LogP contribution in [0.3, 0.4) is 0 Å². The van der Waals surface area contributed by atoms with Crippen LogP contribution in [0, 0.1) is 17.1 Å². The molecule has 1 aromatic carbocycles. The summed E-state index contributed by atoms with van der Waals surface area (Å²) < 4.78 is 13.4. The fraction of sp³-hybridized carbons (Fsp3) is 0.364. The van der Waals surface area contributed by atoms with Crippen LogP contribution >= 0.6 is 0 Å². The highest BCUT2D eigenvalue weighted by molar-refractivity contribution is 5.34. The van der Waals surface area contributed by atoms with Gasteiger partial charge in [0.1, 0.15) is 5.82 Å². The molecule has 14 heavy (non-hydrogen) atoms. The predicted molar refractivity (Wildman–Crippen MR) is 53.0 cm³/mol. The summed E-state index contributed by atoms with van der Waals surface area (Å²) in [5, 5.41) is 8.55. The lowest BCUT2D eigenvalue weighted by Crippen LogP contribution is -2.11. The van der Waals surface area contributed by atoms with E-state index in [2.05, 4.69) is 0 Å². The summed E-state index contributed by atoms with van der Waals surface area (Å²) in [5.74, 6) is -0.384. The molecule has 74 valence electrons. The second-order valence-electron chi connectivity index (χ2n) is 3.24. The SMILES string of the molecule is CCC[C@@H](N)c1ccc(C#N)cc1F. The Morgan fingerprint density at radius 1 is 1.57 bits per heavy atom. The summed E-state index contributed by atoms with van der Waals surface area (Å²) >= 11 is 0. The van der Waals surface area contributed by atoms with Gasteiger partial charge in [-0.15, -0.1) is 0 Å². The first-order valence-corrected chi connectivity index (χ1v) is 4.64. The first-order chi connectivity index (χ1) is 6.69. The number of benzene rings is 1. The Morgan fingerprint density at radius 3 is 2.79 bits per heavy atom. The van der Waals surface area contributed by atoms with Gasteiger partial charge in [0, 0.05) is 11.6 Å². The topological polar surface area (TPSA) is 49.8 Å². The largest absolute Gasteiger partial charge is 0.324 e. The molecule has 0 spiro atoms. The van der Waals surface area contributed by atoms with E-state index in [1.54, 1.807) is 12.1 Å². The molecule has 1 atom stereocenters. The standard InChI is InChI=1S/C11H13FN2/c1-2-3-11(14)9-5-4-8(7-13)6-10(9)12/h4-6,11H,2-3,14H2,1H3/t11-/m1/s1. The minimum atomic E-state index is -0.384. The Kier molecular flexibility index (Phi) is 3.61. The van der Waals surface area contributed by atoms with Crippen molar-refractivity contribution < 1.29 is 4.39 Å². The lowest BCUT2D eigenvalue weighted by atomic mass is 10.0. The van der Waals surface area contributed by atoms with Gasteiger partial charge in [0.15, 0.2) is 0 Å². The molecule has 0 unspecified atom stereocenters. The Bertz CT molecular complexity index is 355. The van der Waals surface area contributed by atoms with Crippen molar-refractivity contribution in [1.82, 2.24) is 0 Å². The molecule has 1 rings (SSSR count). The van der Waals surface area contributed by atoms with Gasteiger partial charge < -0.3 is 5.73 Å². The lowest BCUT2D eigenvalue weighted by molar-refractivity contribution is 0.559. The number of hydrogen-bond acceptors (Lipinski definition) is 2. The van der Waals surface area contributed by atoms with E-state index >= 15 is 0 Å². The number of nitriles is 1. The smallest absolute Gasteiger partial charge is 0.129 e. The van der Waals surface area contributed by atoms with Gasteiger partial charge in [-0.3, -0.25) is 0 Å². The van der Waals surface area contributed by atoms with Crippen LogP contribution in [-0.2, 0) is 0 Å². The zero-order valence-corrected chi connectivity index (χ0v) is 8.13. The maximum Gasteiger partial charge on any atom is 0.129 e. The number of nitrogens with zero attached hydrogens (tertiary/aromatic N) is 1. The van der Waals surface area contributed by atoms with E-state index in [9.17, 15) is 4.39 Å². The Labute approximate surface area is 83.2 Å². The van der Waals surface area contributed by atoms with Crippen LogP contribution in [0.5, 0.6) is 0 Å². The average molecular weight is 192 g/mol. The van der Waals surface area contributed by atoms with Crippen molar-refractivity contribution in [1.29, 1.82) is 5.26 Å².